The van der Waals surface area contributed by atoms with Gasteiger partial charge in [0, 0.05) is 24.5 Å². The third-order valence-corrected chi connectivity index (χ3v) is 3.62. The van der Waals surface area contributed by atoms with Gasteiger partial charge in [-0.2, -0.15) is 0 Å². The molecule has 0 spiro atoms. The fraction of sp³-hybridized carbons (Fsp3) is 0.900. The maximum Gasteiger partial charge on any atom is 0.217 e. The molecule has 0 aromatic carbocycles. The summed E-state index contributed by atoms with van der Waals surface area (Å²) in [5.41, 5.74) is 0.219. The monoisotopic (exact) mass is 182 g/mol. The van der Waals surface area contributed by atoms with Crippen molar-refractivity contribution in [3.63, 3.8) is 0 Å². The number of carbonyl (C=O) groups is 1. The maximum absolute atomic E-state index is 10.9. The molecule has 3 heteroatoms. The van der Waals surface area contributed by atoms with E-state index in [4.69, 9.17) is 0 Å². The Balaban J connectivity index is 2.02. The summed E-state index contributed by atoms with van der Waals surface area (Å²) < 4.78 is 0. The average molecular weight is 182 g/mol. The zero-order valence-corrected chi connectivity index (χ0v) is 8.39. The molecule has 0 aromatic rings. The maximum atomic E-state index is 10.9. The van der Waals surface area contributed by atoms with Crippen LogP contribution in [0.4, 0.5) is 0 Å². The van der Waals surface area contributed by atoms with Crippen LogP contribution >= 0.6 is 0 Å². The van der Waals surface area contributed by atoms with Crippen molar-refractivity contribution in [1.29, 1.82) is 0 Å². The van der Waals surface area contributed by atoms with Gasteiger partial charge in [0.25, 0.3) is 0 Å². The number of rotatable bonds is 2. The summed E-state index contributed by atoms with van der Waals surface area (Å²) in [4.78, 5) is 10.9. The summed E-state index contributed by atoms with van der Waals surface area (Å²) in [6.07, 6.45) is 5.01. The van der Waals surface area contributed by atoms with Gasteiger partial charge in [-0.05, 0) is 32.6 Å². The summed E-state index contributed by atoms with van der Waals surface area (Å²) in [5, 5.41) is 6.63. The van der Waals surface area contributed by atoms with E-state index >= 15 is 0 Å². The van der Waals surface area contributed by atoms with Crippen LogP contribution in [-0.2, 0) is 4.79 Å². The van der Waals surface area contributed by atoms with E-state index < -0.39 is 0 Å². The average Bonchev–Trinajstić information content (AvgIpc) is 2.62. The fourth-order valence-electron chi connectivity index (χ4n) is 2.83. The van der Waals surface area contributed by atoms with Crippen molar-refractivity contribution >= 4 is 5.91 Å². The number of hydrogen-bond donors (Lipinski definition) is 2. The van der Waals surface area contributed by atoms with Crippen LogP contribution in [0.25, 0.3) is 0 Å². The first-order chi connectivity index (χ1) is 6.12. The molecule has 2 aliphatic heterocycles. The smallest absolute Gasteiger partial charge is 0.217 e. The van der Waals surface area contributed by atoms with Gasteiger partial charge in [-0.15, -0.1) is 0 Å². The molecule has 2 fully saturated rings. The molecule has 74 valence electrons. The summed E-state index contributed by atoms with van der Waals surface area (Å²) in [6.45, 7) is 3.70. The molecular formula is C10H18N2O. The van der Waals surface area contributed by atoms with E-state index in [-0.39, 0.29) is 17.5 Å². The van der Waals surface area contributed by atoms with Gasteiger partial charge in [-0.3, -0.25) is 4.79 Å². The Hall–Kier alpha value is -0.570. The Morgan fingerprint density at radius 3 is 2.54 bits per heavy atom. The quantitative estimate of drug-likeness (QED) is 0.663. The molecular weight excluding hydrogens is 164 g/mol. The zero-order chi connectivity index (χ0) is 9.47. The number of hydrogen-bond acceptors (Lipinski definition) is 2. The molecule has 2 N–H and O–H groups in total. The lowest BCUT2D eigenvalue weighted by Gasteiger charge is -2.33. The van der Waals surface area contributed by atoms with Crippen LogP contribution in [0, 0.1) is 0 Å². The summed E-state index contributed by atoms with van der Waals surface area (Å²) in [5.74, 6) is 0.0824. The Kier molecular flexibility index (Phi) is 2.06. The Bertz CT molecular complexity index is 219. The minimum atomic E-state index is 0.0824. The lowest BCUT2D eigenvalue weighted by Crippen LogP contribution is -2.54. The molecule has 2 bridgehead atoms. The minimum Gasteiger partial charge on any atom is -0.352 e. The van der Waals surface area contributed by atoms with E-state index in [0.717, 1.165) is 6.04 Å². The molecule has 1 amide bonds. The van der Waals surface area contributed by atoms with Crippen molar-refractivity contribution in [3.05, 3.63) is 0 Å². The molecule has 0 saturated carbocycles. The first-order valence-electron chi connectivity index (χ1n) is 5.17. The molecule has 2 rings (SSSR count). The molecule has 0 aromatic heterocycles. The van der Waals surface area contributed by atoms with Crippen LogP contribution in [0.1, 0.15) is 39.5 Å². The van der Waals surface area contributed by atoms with Crippen molar-refractivity contribution in [1.82, 2.24) is 10.6 Å². The first-order valence-corrected chi connectivity index (χ1v) is 5.17. The predicted octanol–water partition coefficient (Wildman–Crippen LogP) is 0.796. The first kappa shape index (κ1) is 9.00. The van der Waals surface area contributed by atoms with E-state index in [9.17, 15) is 4.79 Å². The van der Waals surface area contributed by atoms with E-state index in [1.807, 2.05) is 0 Å². The van der Waals surface area contributed by atoms with E-state index in [1.54, 1.807) is 6.92 Å². The van der Waals surface area contributed by atoms with Gasteiger partial charge in [-0.25, -0.2) is 0 Å². The number of carbonyl (C=O) groups excluding carboxylic acids is 1. The summed E-state index contributed by atoms with van der Waals surface area (Å²) in [7, 11) is 0. The van der Waals surface area contributed by atoms with Gasteiger partial charge in [0.15, 0.2) is 0 Å². The van der Waals surface area contributed by atoms with Crippen LogP contribution in [-0.4, -0.2) is 23.5 Å². The highest BCUT2D eigenvalue weighted by Crippen LogP contribution is 2.39. The lowest BCUT2D eigenvalue weighted by molar-refractivity contribution is -0.120. The van der Waals surface area contributed by atoms with Gasteiger partial charge in [-0.1, -0.05) is 0 Å². The molecule has 1 atom stereocenters. The Morgan fingerprint density at radius 1 is 1.54 bits per heavy atom. The number of amides is 1. The standard InChI is InChI=1S/C10H18N2O/c1-7(11-8(2)13)10-5-3-9(12-10)4-6-10/h7,9,12H,3-6H2,1-2H3,(H,11,13). The molecule has 1 unspecified atom stereocenters. The number of fused-ring (bicyclic) bond motifs is 2. The molecule has 2 heterocycles. The van der Waals surface area contributed by atoms with Crippen molar-refractivity contribution in [3.8, 4) is 0 Å². The highest BCUT2D eigenvalue weighted by Gasteiger charge is 2.47. The Labute approximate surface area is 79.3 Å². The van der Waals surface area contributed by atoms with E-state index in [0.29, 0.717) is 0 Å². The fourth-order valence-corrected chi connectivity index (χ4v) is 2.83. The van der Waals surface area contributed by atoms with Crippen molar-refractivity contribution in [2.75, 3.05) is 0 Å². The third kappa shape index (κ3) is 1.46. The Morgan fingerprint density at radius 2 is 2.15 bits per heavy atom. The van der Waals surface area contributed by atoms with Crippen molar-refractivity contribution < 1.29 is 4.79 Å². The van der Waals surface area contributed by atoms with Crippen LogP contribution in [0.3, 0.4) is 0 Å². The van der Waals surface area contributed by atoms with Crippen LogP contribution in [0.2, 0.25) is 0 Å². The highest BCUT2D eigenvalue weighted by atomic mass is 16.1. The second-order valence-electron chi connectivity index (χ2n) is 4.50. The lowest BCUT2D eigenvalue weighted by atomic mass is 9.82. The highest BCUT2D eigenvalue weighted by molar-refractivity contribution is 5.73. The van der Waals surface area contributed by atoms with Gasteiger partial charge in [0.05, 0.1) is 0 Å². The van der Waals surface area contributed by atoms with Gasteiger partial charge < -0.3 is 10.6 Å². The van der Waals surface area contributed by atoms with Crippen molar-refractivity contribution in [2.45, 2.75) is 57.2 Å². The van der Waals surface area contributed by atoms with E-state index in [1.165, 1.54) is 25.7 Å². The van der Waals surface area contributed by atoms with Crippen LogP contribution in [0.15, 0.2) is 0 Å². The molecule has 2 aliphatic rings. The molecule has 0 radical (unpaired) electrons. The van der Waals surface area contributed by atoms with Crippen molar-refractivity contribution in [2.24, 2.45) is 0 Å². The van der Waals surface area contributed by atoms with Gasteiger partial charge in [0.2, 0.25) is 5.91 Å². The SMILES string of the molecule is CC(=O)NC(C)C12CCC(CC1)N2. The topological polar surface area (TPSA) is 41.1 Å². The van der Waals surface area contributed by atoms with Crippen LogP contribution < -0.4 is 10.6 Å². The largest absolute Gasteiger partial charge is 0.352 e. The van der Waals surface area contributed by atoms with Gasteiger partial charge >= 0.3 is 0 Å². The minimum absolute atomic E-state index is 0.0824. The molecule has 2 saturated heterocycles. The number of nitrogens with one attached hydrogen (secondary N) is 2. The third-order valence-electron chi connectivity index (χ3n) is 3.62. The second-order valence-corrected chi connectivity index (χ2v) is 4.50. The molecule has 3 nitrogen and oxygen atoms in total. The second kappa shape index (κ2) is 2.98. The summed E-state index contributed by atoms with van der Waals surface area (Å²) in [6, 6.07) is 0.994. The van der Waals surface area contributed by atoms with Gasteiger partial charge in [0.1, 0.15) is 0 Å². The molecule has 13 heavy (non-hydrogen) atoms. The molecule has 0 aliphatic carbocycles. The predicted molar refractivity (Wildman–Crippen MR) is 51.4 cm³/mol. The van der Waals surface area contributed by atoms with E-state index in [2.05, 4.69) is 17.6 Å². The normalized spacial score (nSPS) is 39.1. The summed E-state index contributed by atoms with van der Waals surface area (Å²) >= 11 is 0. The zero-order valence-electron chi connectivity index (χ0n) is 8.39. The van der Waals surface area contributed by atoms with Crippen LogP contribution in [0.5, 0.6) is 0 Å².